The van der Waals surface area contributed by atoms with Crippen LogP contribution in [-0.4, -0.2) is 19.4 Å². The Balaban J connectivity index is 1.75. The Morgan fingerprint density at radius 3 is 2.34 bits per heavy atom. The summed E-state index contributed by atoms with van der Waals surface area (Å²) in [5.74, 6) is 0.662. The molecule has 2 aliphatic heterocycles. The first-order valence-electron chi connectivity index (χ1n) is 13.0. The number of aryl methyl sites for hydroxylation is 1. The third kappa shape index (κ3) is 3.74. The normalized spacial score (nSPS) is 16.9. The van der Waals surface area contributed by atoms with Crippen LogP contribution >= 0.6 is 0 Å². The van der Waals surface area contributed by atoms with E-state index in [1.165, 1.54) is 55.4 Å². The highest BCUT2D eigenvalue weighted by molar-refractivity contribution is 6.99. The van der Waals surface area contributed by atoms with Gasteiger partial charge in [-0.05, 0) is 56.5 Å². The van der Waals surface area contributed by atoms with Crippen LogP contribution in [0.3, 0.4) is 0 Å². The van der Waals surface area contributed by atoms with Gasteiger partial charge in [0.2, 0.25) is 0 Å². The van der Waals surface area contributed by atoms with Gasteiger partial charge in [0.15, 0.2) is 0 Å². The van der Waals surface area contributed by atoms with E-state index in [0.717, 1.165) is 6.42 Å². The van der Waals surface area contributed by atoms with Crippen LogP contribution in [0.1, 0.15) is 62.4 Å². The summed E-state index contributed by atoms with van der Waals surface area (Å²) >= 11 is 0. The maximum Gasteiger partial charge on any atom is 0.147 e. The molecule has 2 heteroatoms. The lowest BCUT2D eigenvalue weighted by molar-refractivity contribution is -0.418. The molecule has 1 nitrogen and oxygen atoms in total. The van der Waals surface area contributed by atoms with Gasteiger partial charge in [-0.15, -0.1) is 0 Å². The van der Waals surface area contributed by atoms with Crippen molar-refractivity contribution in [1.82, 2.24) is 0 Å². The lowest BCUT2D eigenvalue weighted by Crippen LogP contribution is -2.45. The van der Waals surface area contributed by atoms with E-state index in [1.54, 1.807) is 5.19 Å². The van der Waals surface area contributed by atoms with Crippen LogP contribution in [0.4, 0.5) is 0 Å². The Morgan fingerprint density at radius 1 is 1.00 bits per heavy atom. The Bertz CT molecular complexity index is 1430. The first kappa shape index (κ1) is 23.9. The predicted octanol–water partition coefficient (Wildman–Crippen LogP) is 7.69. The molecule has 35 heavy (non-hydrogen) atoms. The molecular weight excluding hydrogens is 438 g/mol. The first-order chi connectivity index (χ1) is 16.4. The lowest BCUT2D eigenvalue weighted by atomic mass is 9.79. The molecule has 0 saturated heterocycles. The maximum atomic E-state index is 4.51. The summed E-state index contributed by atoms with van der Waals surface area (Å²) in [5, 5.41) is 5.82. The fourth-order valence-electron chi connectivity index (χ4n) is 6.20. The van der Waals surface area contributed by atoms with Crippen molar-refractivity contribution in [3.63, 3.8) is 0 Å². The van der Waals surface area contributed by atoms with Crippen LogP contribution in [0, 0.1) is 18.9 Å². The largest absolute Gasteiger partial charge is 0.255 e. The van der Waals surface area contributed by atoms with Crippen LogP contribution < -0.4 is 5.19 Å². The van der Waals surface area contributed by atoms with Gasteiger partial charge in [0.05, 0.1) is 6.72 Å². The van der Waals surface area contributed by atoms with E-state index in [0.29, 0.717) is 5.92 Å². The average molecular weight is 478 g/mol. The summed E-state index contributed by atoms with van der Waals surface area (Å²) in [6.45, 7) is 23.5. The Morgan fingerprint density at radius 2 is 1.69 bits per heavy atom. The molecule has 0 unspecified atom stereocenters. The van der Waals surface area contributed by atoms with E-state index in [9.17, 15) is 0 Å². The van der Waals surface area contributed by atoms with Crippen molar-refractivity contribution in [2.24, 2.45) is 5.92 Å². The second kappa shape index (κ2) is 8.10. The number of allylic oxidation sites excluding steroid dienone is 2. The predicted molar refractivity (Wildman–Crippen MR) is 155 cm³/mol. The molecule has 3 aromatic carbocycles. The van der Waals surface area contributed by atoms with Crippen molar-refractivity contribution in [3.8, 4) is 0 Å². The zero-order valence-electron chi connectivity index (χ0n) is 22.7. The van der Waals surface area contributed by atoms with Gasteiger partial charge in [-0.1, -0.05) is 125 Å². The van der Waals surface area contributed by atoms with E-state index in [4.69, 9.17) is 0 Å². The summed E-state index contributed by atoms with van der Waals surface area (Å²) in [4.78, 5) is 0. The SMILES string of the molecule is C=[N+]1C=CC2=C([C-]1c1cc(C(C)(C)C)c3ccccc3c1C)[Si](C)(C)c1cc(CC(C)C)ccc12. The van der Waals surface area contributed by atoms with Gasteiger partial charge in [0.25, 0.3) is 0 Å². The molecule has 2 aliphatic rings. The zero-order chi connectivity index (χ0) is 25.3. The lowest BCUT2D eigenvalue weighted by Gasteiger charge is -2.34. The minimum atomic E-state index is -1.94. The van der Waals surface area contributed by atoms with E-state index >= 15 is 0 Å². The van der Waals surface area contributed by atoms with Gasteiger partial charge in [0, 0.05) is 0 Å². The second-order valence-electron chi connectivity index (χ2n) is 12.4. The first-order valence-corrected chi connectivity index (χ1v) is 16.0. The van der Waals surface area contributed by atoms with Crippen LogP contribution in [0.5, 0.6) is 0 Å². The van der Waals surface area contributed by atoms with Crippen molar-refractivity contribution in [1.29, 1.82) is 0 Å². The number of benzene rings is 3. The molecule has 0 amide bonds. The van der Waals surface area contributed by atoms with Crippen molar-refractivity contribution in [2.45, 2.75) is 66.5 Å². The van der Waals surface area contributed by atoms with Gasteiger partial charge in [-0.2, -0.15) is 0 Å². The quantitative estimate of drug-likeness (QED) is 0.207. The van der Waals surface area contributed by atoms with E-state index in [-0.39, 0.29) is 5.41 Å². The van der Waals surface area contributed by atoms with Gasteiger partial charge in [-0.3, -0.25) is 4.58 Å². The third-order valence-electron chi connectivity index (χ3n) is 7.91. The molecule has 0 aliphatic carbocycles. The van der Waals surface area contributed by atoms with Crippen molar-refractivity contribution in [3.05, 3.63) is 99.9 Å². The van der Waals surface area contributed by atoms with Crippen molar-refractivity contribution >= 4 is 36.3 Å². The Hall–Kier alpha value is -2.84. The van der Waals surface area contributed by atoms with Gasteiger partial charge in [0.1, 0.15) is 20.3 Å². The molecule has 0 aromatic heterocycles. The van der Waals surface area contributed by atoms with Gasteiger partial charge in [-0.25, -0.2) is 0 Å². The average Bonchev–Trinajstić information content (AvgIpc) is 3.00. The fraction of sp³-hybridized carbons (Fsp3) is 0.333. The highest BCUT2D eigenvalue weighted by atomic mass is 28.3. The number of fused-ring (bicyclic) bond motifs is 3. The number of nitrogens with zero attached hydrogens (tertiary/aromatic N) is 1. The van der Waals surface area contributed by atoms with Crippen LogP contribution in [-0.2, 0) is 11.8 Å². The molecule has 0 N–H and O–H groups in total. The minimum absolute atomic E-state index is 0.0493. The van der Waals surface area contributed by atoms with E-state index < -0.39 is 8.07 Å². The monoisotopic (exact) mass is 477 g/mol. The Kier molecular flexibility index (Phi) is 5.52. The molecule has 0 saturated carbocycles. The topological polar surface area (TPSA) is 3.01 Å². The zero-order valence-corrected chi connectivity index (χ0v) is 23.7. The third-order valence-corrected chi connectivity index (χ3v) is 11.4. The Labute approximate surface area is 212 Å². The van der Waals surface area contributed by atoms with Crippen LogP contribution in [0.25, 0.3) is 16.3 Å². The summed E-state index contributed by atoms with van der Waals surface area (Å²) in [7, 11) is -1.94. The molecular formula is C33H39NSi. The number of rotatable bonds is 3. The van der Waals surface area contributed by atoms with Crippen LogP contribution in [0.15, 0.2) is 66.0 Å². The van der Waals surface area contributed by atoms with E-state index in [2.05, 4.69) is 127 Å². The summed E-state index contributed by atoms with van der Waals surface area (Å²) in [6.07, 6.45) is 5.60. The summed E-state index contributed by atoms with van der Waals surface area (Å²) < 4.78 is 2.14. The maximum absolute atomic E-state index is 4.51. The van der Waals surface area contributed by atoms with E-state index in [1.807, 2.05) is 0 Å². The highest BCUT2D eigenvalue weighted by Gasteiger charge is 2.45. The molecule has 180 valence electrons. The molecule has 5 rings (SSSR count). The number of hydrogen-bond donors (Lipinski definition) is 0. The summed E-state index contributed by atoms with van der Waals surface area (Å²) in [6, 6.07) is 19.9. The minimum Gasteiger partial charge on any atom is -0.255 e. The second-order valence-corrected chi connectivity index (χ2v) is 16.7. The molecule has 2 heterocycles. The van der Waals surface area contributed by atoms with Crippen LogP contribution in [0.2, 0.25) is 13.1 Å². The fourth-order valence-corrected chi connectivity index (χ4v) is 9.67. The molecule has 0 atom stereocenters. The molecule has 3 aromatic rings. The smallest absolute Gasteiger partial charge is 0.147 e. The van der Waals surface area contributed by atoms with Crippen molar-refractivity contribution < 1.29 is 4.58 Å². The summed E-state index contributed by atoms with van der Waals surface area (Å²) in [5.41, 5.74) is 8.44. The molecule has 0 bridgehead atoms. The number of hydrogen-bond acceptors (Lipinski definition) is 0. The van der Waals surface area contributed by atoms with Gasteiger partial charge >= 0.3 is 0 Å². The molecule has 0 radical (unpaired) electrons. The molecule has 0 spiro atoms. The van der Waals surface area contributed by atoms with Crippen molar-refractivity contribution in [2.75, 3.05) is 0 Å². The highest BCUT2D eigenvalue weighted by Crippen LogP contribution is 2.47. The van der Waals surface area contributed by atoms with Gasteiger partial charge < -0.3 is 0 Å². The standard InChI is InChI=1S/C33H39NSi/c1-21(2)18-23-14-15-26-27-16-17-34(7)31(32(27)35(8,9)30(26)19-23)28-20-29(33(4,5)6)25-13-11-10-12-24(25)22(28)3/h10-17,19-21H,7,18H2,1-6,8-9H3. The molecule has 0 fully saturated rings.